The molecule has 2 heteroatoms. The molecular weight excluding hydrogens is 298 g/mol. The summed E-state index contributed by atoms with van der Waals surface area (Å²) >= 11 is 3.49. The fraction of sp³-hybridized carbons (Fsp3) is 0.647. The lowest BCUT2D eigenvalue weighted by Gasteiger charge is -2.29. The summed E-state index contributed by atoms with van der Waals surface area (Å²) in [5.41, 5.74) is 1.72. The third-order valence-electron chi connectivity index (χ3n) is 4.41. The highest BCUT2D eigenvalue weighted by Gasteiger charge is 2.27. The predicted octanol–water partition coefficient (Wildman–Crippen LogP) is 5.86. The smallest absolute Gasteiger partial charge is 0.0343 e. The zero-order valence-electron chi connectivity index (χ0n) is 12.4. The van der Waals surface area contributed by atoms with Gasteiger partial charge in [-0.25, -0.2) is 0 Å². The summed E-state index contributed by atoms with van der Waals surface area (Å²) in [5.74, 6) is 0.879. The van der Waals surface area contributed by atoms with Gasteiger partial charge in [0, 0.05) is 16.2 Å². The minimum atomic E-state index is 0.465. The lowest BCUT2D eigenvalue weighted by atomic mass is 9.76. The van der Waals surface area contributed by atoms with E-state index in [4.69, 9.17) is 0 Å². The molecule has 106 valence electrons. The van der Waals surface area contributed by atoms with E-state index in [2.05, 4.69) is 66.3 Å². The van der Waals surface area contributed by atoms with Crippen molar-refractivity contribution in [1.82, 2.24) is 0 Å². The molecule has 2 rings (SSSR count). The van der Waals surface area contributed by atoms with Crippen LogP contribution >= 0.6 is 15.9 Å². The van der Waals surface area contributed by atoms with Gasteiger partial charge in [-0.2, -0.15) is 0 Å². The van der Waals surface area contributed by atoms with Crippen molar-refractivity contribution in [3.05, 3.63) is 28.7 Å². The van der Waals surface area contributed by atoms with Gasteiger partial charge in [-0.1, -0.05) is 43.1 Å². The van der Waals surface area contributed by atoms with E-state index < -0.39 is 0 Å². The minimum absolute atomic E-state index is 0.465. The summed E-state index contributed by atoms with van der Waals surface area (Å²) < 4.78 is 1.15. The molecule has 1 aromatic rings. The number of anilines is 1. The highest BCUT2D eigenvalue weighted by atomic mass is 79.9. The van der Waals surface area contributed by atoms with Crippen molar-refractivity contribution in [2.45, 2.75) is 58.9 Å². The fourth-order valence-electron chi connectivity index (χ4n) is 3.09. The van der Waals surface area contributed by atoms with E-state index in [1.165, 1.54) is 37.8 Å². The van der Waals surface area contributed by atoms with Crippen molar-refractivity contribution in [2.75, 3.05) is 5.32 Å². The molecule has 2 unspecified atom stereocenters. The average Bonchev–Trinajstić information content (AvgIpc) is 2.57. The molecule has 1 aliphatic carbocycles. The van der Waals surface area contributed by atoms with Crippen LogP contribution in [-0.4, -0.2) is 6.04 Å². The Morgan fingerprint density at radius 3 is 2.32 bits per heavy atom. The van der Waals surface area contributed by atoms with Crippen LogP contribution < -0.4 is 5.32 Å². The van der Waals surface area contributed by atoms with E-state index in [1.54, 1.807) is 0 Å². The highest BCUT2D eigenvalue weighted by Crippen LogP contribution is 2.37. The van der Waals surface area contributed by atoms with Gasteiger partial charge in [0.2, 0.25) is 0 Å². The number of nitrogens with one attached hydrogen (secondary N) is 1. The van der Waals surface area contributed by atoms with Crippen molar-refractivity contribution in [3.63, 3.8) is 0 Å². The first-order chi connectivity index (χ1) is 8.95. The Morgan fingerprint density at radius 1 is 1.00 bits per heavy atom. The van der Waals surface area contributed by atoms with Crippen molar-refractivity contribution in [2.24, 2.45) is 11.3 Å². The fourth-order valence-corrected chi connectivity index (χ4v) is 3.36. The molecule has 0 radical (unpaired) electrons. The normalized spacial score (nSPS) is 24.8. The number of hydrogen-bond donors (Lipinski definition) is 1. The summed E-state index contributed by atoms with van der Waals surface area (Å²) in [6, 6.07) is 9.19. The second-order valence-electron chi connectivity index (χ2n) is 6.92. The molecule has 0 aromatic heterocycles. The second kappa shape index (κ2) is 6.30. The first kappa shape index (κ1) is 14.9. The molecule has 1 N–H and O–H groups in total. The van der Waals surface area contributed by atoms with E-state index in [-0.39, 0.29) is 0 Å². The van der Waals surface area contributed by atoms with Crippen molar-refractivity contribution in [1.29, 1.82) is 0 Å². The lowest BCUT2D eigenvalue weighted by Crippen LogP contribution is -2.21. The molecule has 0 aliphatic heterocycles. The Morgan fingerprint density at radius 2 is 1.68 bits per heavy atom. The van der Waals surface area contributed by atoms with Crippen LogP contribution in [-0.2, 0) is 0 Å². The van der Waals surface area contributed by atoms with Gasteiger partial charge in [0.1, 0.15) is 0 Å². The van der Waals surface area contributed by atoms with E-state index in [0.29, 0.717) is 11.5 Å². The average molecular weight is 324 g/mol. The standard InChI is InChI=1S/C17H26BrN/c1-17(2,3)13-5-4-6-15(10-7-13)19-16-11-8-14(18)9-12-16/h8-9,11-13,15,19H,4-7,10H2,1-3H3. The monoisotopic (exact) mass is 323 g/mol. The molecule has 1 aromatic carbocycles. The van der Waals surface area contributed by atoms with Crippen molar-refractivity contribution < 1.29 is 0 Å². The lowest BCUT2D eigenvalue weighted by molar-refractivity contribution is 0.214. The van der Waals surface area contributed by atoms with Gasteiger partial charge < -0.3 is 5.32 Å². The molecular formula is C17H26BrN. The summed E-state index contributed by atoms with van der Waals surface area (Å²) in [4.78, 5) is 0. The first-order valence-electron chi connectivity index (χ1n) is 7.47. The summed E-state index contributed by atoms with van der Waals surface area (Å²) in [6.07, 6.45) is 6.72. The molecule has 0 spiro atoms. The Balaban J connectivity index is 1.91. The summed E-state index contributed by atoms with van der Waals surface area (Å²) in [7, 11) is 0. The molecule has 0 amide bonds. The highest BCUT2D eigenvalue weighted by molar-refractivity contribution is 9.10. The van der Waals surface area contributed by atoms with Crippen LogP contribution in [0.2, 0.25) is 0 Å². The molecule has 0 heterocycles. The Bertz CT molecular complexity index is 391. The number of rotatable bonds is 2. The van der Waals surface area contributed by atoms with Crippen LogP contribution in [0.3, 0.4) is 0 Å². The maximum absolute atomic E-state index is 3.70. The summed E-state index contributed by atoms with van der Waals surface area (Å²) in [5, 5.41) is 3.70. The third-order valence-corrected chi connectivity index (χ3v) is 4.94. The molecule has 0 saturated heterocycles. The van der Waals surface area contributed by atoms with Crippen molar-refractivity contribution >= 4 is 21.6 Å². The molecule has 19 heavy (non-hydrogen) atoms. The van der Waals surface area contributed by atoms with Crippen LogP contribution in [0.15, 0.2) is 28.7 Å². The van der Waals surface area contributed by atoms with Crippen LogP contribution in [0.5, 0.6) is 0 Å². The molecule has 1 nitrogen and oxygen atoms in total. The van der Waals surface area contributed by atoms with Gasteiger partial charge in [0.05, 0.1) is 0 Å². The van der Waals surface area contributed by atoms with E-state index in [0.717, 1.165) is 10.4 Å². The SMILES string of the molecule is CC(C)(C)C1CCCC(Nc2ccc(Br)cc2)CC1. The Labute approximate surface area is 126 Å². The maximum atomic E-state index is 3.70. The first-order valence-corrected chi connectivity index (χ1v) is 8.26. The molecule has 1 aliphatic rings. The molecule has 1 fully saturated rings. The predicted molar refractivity (Wildman–Crippen MR) is 87.6 cm³/mol. The van der Waals surface area contributed by atoms with E-state index in [9.17, 15) is 0 Å². The third kappa shape index (κ3) is 4.52. The van der Waals surface area contributed by atoms with Crippen LogP contribution in [0.4, 0.5) is 5.69 Å². The Hall–Kier alpha value is -0.500. The van der Waals surface area contributed by atoms with Crippen LogP contribution in [0.1, 0.15) is 52.9 Å². The van der Waals surface area contributed by atoms with Gasteiger partial charge in [0.25, 0.3) is 0 Å². The second-order valence-corrected chi connectivity index (χ2v) is 7.84. The number of halogens is 1. The summed E-state index contributed by atoms with van der Waals surface area (Å²) in [6.45, 7) is 7.17. The van der Waals surface area contributed by atoms with Gasteiger partial charge in [-0.15, -0.1) is 0 Å². The largest absolute Gasteiger partial charge is 0.382 e. The van der Waals surface area contributed by atoms with Crippen molar-refractivity contribution in [3.8, 4) is 0 Å². The number of hydrogen-bond acceptors (Lipinski definition) is 1. The van der Waals surface area contributed by atoms with Crippen LogP contribution in [0.25, 0.3) is 0 Å². The van der Waals surface area contributed by atoms with Gasteiger partial charge in [-0.3, -0.25) is 0 Å². The topological polar surface area (TPSA) is 12.0 Å². The quantitative estimate of drug-likeness (QED) is 0.672. The number of benzene rings is 1. The van der Waals surface area contributed by atoms with Crippen LogP contribution in [0, 0.1) is 11.3 Å². The molecule has 0 bridgehead atoms. The maximum Gasteiger partial charge on any atom is 0.0343 e. The minimum Gasteiger partial charge on any atom is -0.382 e. The molecule has 2 atom stereocenters. The molecule has 1 saturated carbocycles. The zero-order chi connectivity index (χ0) is 13.9. The van der Waals surface area contributed by atoms with E-state index in [1.807, 2.05) is 0 Å². The van der Waals surface area contributed by atoms with Gasteiger partial charge in [-0.05, 0) is 61.3 Å². The van der Waals surface area contributed by atoms with Gasteiger partial charge >= 0.3 is 0 Å². The van der Waals surface area contributed by atoms with E-state index >= 15 is 0 Å². The zero-order valence-corrected chi connectivity index (χ0v) is 14.0. The Kier molecular flexibility index (Phi) is 4.94. The van der Waals surface area contributed by atoms with Gasteiger partial charge in [0.15, 0.2) is 0 Å².